The minimum absolute atomic E-state index is 0.180. The summed E-state index contributed by atoms with van der Waals surface area (Å²) in [5.41, 5.74) is 2.97. The van der Waals surface area contributed by atoms with E-state index in [-0.39, 0.29) is 5.91 Å². The van der Waals surface area contributed by atoms with Crippen molar-refractivity contribution in [3.63, 3.8) is 0 Å². The molecule has 0 unspecified atom stereocenters. The van der Waals surface area contributed by atoms with Gasteiger partial charge in [-0.3, -0.25) is 4.79 Å². The molecular weight excluding hydrogens is 274 g/mol. The number of benzene rings is 2. The normalized spacial score (nSPS) is 9.86. The molecule has 0 saturated carbocycles. The Balaban J connectivity index is 2.06. The van der Waals surface area contributed by atoms with Crippen LogP contribution in [0.1, 0.15) is 29.8 Å². The van der Waals surface area contributed by atoms with E-state index in [2.05, 4.69) is 24.1 Å². The Bertz CT molecular complexity index is 665. The first-order valence-corrected chi connectivity index (χ1v) is 7.34. The van der Waals surface area contributed by atoms with E-state index in [0.717, 1.165) is 24.5 Å². The number of nitrogens with zero attached hydrogens (tertiary/aromatic N) is 2. The summed E-state index contributed by atoms with van der Waals surface area (Å²) in [6.07, 6.45) is 0. The first-order chi connectivity index (χ1) is 10.7. The van der Waals surface area contributed by atoms with Crippen LogP contribution in [0.15, 0.2) is 48.5 Å². The lowest BCUT2D eigenvalue weighted by molar-refractivity contribution is 0.102. The lowest BCUT2D eigenvalue weighted by Gasteiger charge is -2.21. The maximum atomic E-state index is 12.1. The van der Waals surface area contributed by atoms with Crippen LogP contribution < -0.4 is 10.2 Å². The SMILES string of the molecule is CCN(CC)c1ccc(NC(=O)c2ccc(C#N)cc2)cc1. The summed E-state index contributed by atoms with van der Waals surface area (Å²) in [7, 11) is 0. The Morgan fingerprint density at radius 1 is 1.05 bits per heavy atom. The zero-order chi connectivity index (χ0) is 15.9. The van der Waals surface area contributed by atoms with Crippen molar-refractivity contribution < 1.29 is 4.79 Å². The molecule has 0 atom stereocenters. The largest absolute Gasteiger partial charge is 0.372 e. The quantitative estimate of drug-likeness (QED) is 0.915. The van der Waals surface area contributed by atoms with Gasteiger partial charge in [-0.15, -0.1) is 0 Å². The van der Waals surface area contributed by atoms with Crippen molar-refractivity contribution >= 4 is 17.3 Å². The number of carbonyl (C=O) groups is 1. The molecule has 0 fully saturated rings. The molecule has 4 nitrogen and oxygen atoms in total. The minimum atomic E-state index is -0.180. The molecule has 2 aromatic carbocycles. The van der Waals surface area contributed by atoms with Crippen molar-refractivity contribution in [1.82, 2.24) is 0 Å². The van der Waals surface area contributed by atoms with E-state index in [0.29, 0.717) is 11.1 Å². The standard InChI is InChI=1S/C18H19N3O/c1-3-21(4-2)17-11-9-16(10-12-17)20-18(22)15-7-5-14(13-19)6-8-15/h5-12H,3-4H2,1-2H3,(H,20,22). The van der Waals surface area contributed by atoms with Crippen LogP contribution in [0, 0.1) is 11.3 Å². The first kappa shape index (κ1) is 15.6. The molecule has 0 aliphatic rings. The molecular formula is C18H19N3O. The van der Waals surface area contributed by atoms with Gasteiger partial charge in [0.2, 0.25) is 0 Å². The van der Waals surface area contributed by atoms with Gasteiger partial charge < -0.3 is 10.2 Å². The molecule has 112 valence electrons. The third-order valence-corrected chi connectivity index (χ3v) is 3.53. The molecule has 2 aromatic rings. The fourth-order valence-electron chi connectivity index (χ4n) is 2.24. The number of rotatable bonds is 5. The Morgan fingerprint density at radius 3 is 2.14 bits per heavy atom. The van der Waals surface area contributed by atoms with E-state index in [1.807, 2.05) is 30.3 Å². The van der Waals surface area contributed by atoms with E-state index in [9.17, 15) is 4.79 Å². The summed E-state index contributed by atoms with van der Waals surface area (Å²) in [5, 5.41) is 11.6. The number of carbonyl (C=O) groups excluding carboxylic acids is 1. The Hall–Kier alpha value is -2.80. The summed E-state index contributed by atoms with van der Waals surface area (Å²) in [4.78, 5) is 14.4. The fraction of sp³-hybridized carbons (Fsp3) is 0.222. The third-order valence-electron chi connectivity index (χ3n) is 3.53. The van der Waals surface area contributed by atoms with E-state index in [1.165, 1.54) is 0 Å². The molecule has 0 spiro atoms. The van der Waals surface area contributed by atoms with Gasteiger partial charge in [-0.25, -0.2) is 0 Å². The number of amides is 1. The summed E-state index contributed by atoms with van der Waals surface area (Å²) in [6.45, 7) is 6.13. The molecule has 0 saturated heterocycles. The Kier molecular flexibility index (Phi) is 5.16. The van der Waals surface area contributed by atoms with Gasteiger partial charge in [-0.1, -0.05) is 0 Å². The second kappa shape index (κ2) is 7.28. The molecule has 4 heteroatoms. The van der Waals surface area contributed by atoms with Crippen molar-refractivity contribution in [2.45, 2.75) is 13.8 Å². The summed E-state index contributed by atoms with van der Waals surface area (Å²) in [5.74, 6) is -0.180. The van der Waals surface area contributed by atoms with Crippen LogP contribution in [-0.2, 0) is 0 Å². The van der Waals surface area contributed by atoms with Gasteiger partial charge in [0, 0.05) is 30.0 Å². The Morgan fingerprint density at radius 2 is 1.64 bits per heavy atom. The van der Waals surface area contributed by atoms with E-state index in [4.69, 9.17) is 5.26 Å². The van der Waals surface area contributed by atoms with Gasteiger partial charge in [-0.2, -0.15) is 5.26 Å². The van der Waals surface area contributed by atoms with Gasteiger partial charge in [0.15, 0.2) is 0 Å². The van der Waals surface area contributed by atoms with Crippen molar-refractivity contribution in [3.05, 3.63) is 59.7 Å². The molecule has 0 radical (unpaired) electrons. The van der Waals surface area contributed by atoms with Crippen LogP contribution in [0.25, 0.3) is 0 Å². The van der Waals surface area contributed by atoms with Gasteiger partial charge in [0.1, 0.15) is 0 Å². The van der Waals surface area contributed by atoms with Gasteiger partial charge in [-0.05, 0) is 62.4 Å². The molecule has 0 aliphatic carbocycles. The molecule has 0 bridgehead atoms. The predicted octanol–water partition coefficient (Wildman–Crippen LogP) is 3.66. The van der Waals surface area contributed by atoms with Crippen LogP contribution in [0.3, 0.4) is 0 Å². The highest BCUT2D eigenvalue weighted by atomic mass is 16.1. The molecule has 1 N–H and O–H groups in total. The van der Waals surface area contributed by atoms with Crippen molar-refractivity contribution in [2.24, 2.45) is 0 Å². The number of nitriles is 1. The van der Waals surface area contributed by atoms with Crippen LogP contribution in [0.4, 0.5) is 11.4 Å². The van der Waals surface area contributed by atoms with Gasteiger partial charge >= 0.3 is 0 Å². The van der Waals surface area contributed by atoms with Gasteiger partial charge in [0.25, 0.3) is 5.91 Å². The molecule has 2 rings (SSSR count). The zero-order valence-electron chi connectivity index (χ0n) is 12.8. The number of nitrogens with one attached hydrogen (secondary N) is 1. The molecule has 0 aliphatic heterocycles. The van der Waals surface area contributed by atoms with E-state index < -0.39 is 0 Å². The van der Waals surface area contributed by atoms with Crippen LogP contribution in [0.2, 0.25) is 0 Å². The van der Waals surface area contributed by atoms with Crippen LogP contribution in [0.5, 0.6) is 0 Å². The average molecular weight is 293 g/mol. The minimum Gasteiger partial charge on any atom is -0.372 e. The van der Waals surface area contributed by atoms with E-state index >= 15 is 0 Å². The van der Waals surface area contributed by atoms with E-state index in [1.54, 1.807) is 24.3 Å². The molecule has 22 heavy (non-hydrogen) atoms. The Labute approximate surface area is 131 Å². The van der Waals surface area contributed by atoms with Crippen molar-refractivity contribution in [3.8, 4) is 6.07 Å². The number of hydrogen-bond donors (Lipinski definition) is 1. The van der Waals surface area contributed by atoms with Crippen LogP contribution in [-0.4, -0.2) is 19.0 Å². The highest BCUT2D eigenvalue weighted by Crippen LogP contribution is 2.18. The second-order valence-corrected chi connectivity index (χ2v) is 4.86. The maximum Gasteiger partial charge on any atom is 0.255 e. The monoisotopic (exact) mass is 293 g/mol. The topological polar surface area (TPSA) is 56.1 Å². The zero-order valence-corrected chi connectivity index (χ0v) is 12.8. The molecule has 0 aromatic heterocycles. The second-order valence-electron chi connectivity index (χ2n) is 4.86. The summed E-state index contributed by atoms with van der Waals surface area (Å²) >= 11 is 0. The van der Waals surface area contributed by atoms with Gasteiger partial charge in [0.05, 0.1) is 11.6 Å². The highest BCUT2D eigenvalue weighted by molar-refractivity contribution is 6.04. The van der Waals surface area contributed by atoms with Crippen molar-refractivity contribution in [1.29, 1.82) is 5.26 Å². The first-order valence-electron chi connectivity index (χ1n) is 7.34. The van der Waals surface area contributed by atoms with Crippen molar-refractivity contribution in [2.75, 3.05) is 23.3 Å². The summed E-state index contributed by atoms with van der Waals surface area (Å²) < 4.78 is 0. The third kappa shape index (κ3) is 3.64. The maximum absolute atomic E-state index is 12.1. The fourth-order valence-corrected chi connectivity index (χ4v) is 2.24. The average Bonchev–Trinajstić information content (AvgIpc) is 2.57. The lowest BCUT2D eigenvalue weighted by atomic mass is 10.1. The number of hydrogen-bond acceptors (Lipinski definition) is 3. The smallest absolute Gasteiger partial charge is 0.255 e. The lowest BCUT2D eigenvalue weighted by Crippen LogP contribution is -2.21. The summed E-state index contributed by atoms with van der Waals surface area (Å²) in [6, 6.07) is 16.4. The van der Waals surface area contributed by atoms with Crippen LogP contribution >= 0.6 is 0 Å². The molecule has 0 heterocycles. The number of anilines is 2. The molecule has 1 amide bonds. The predicted molar refractivity (Wildman–Crippen MR) is 89.1 cm³/mol. The highest BCUT2D eigenvalue weighted by Gasteiger charge is 2.07.